The van der Waals surface area contributed by atoms with Crippen LogP contribution in [0, 0.1) is 0 Å². The predicted molar refractivity (Wildman–Crippen MR) is 69.4 cm³/mol. The van der Waals surface area contributed by atoms with Crippen LogP contribution >= 0.6 is 0 Å². The summed E-state index contributed by atoms with van der Waals surface area (Å²) in [6.07, 6.45) is -4.10. The Morgan fingerprint density at radius 1 is 1.14 bits per heavy atom. The highest BCUT2D eigenvalue weighted by molar-refractivity contribution is 6.03. The van der Waals surface area contributed by atoms with E-state index >= 15 is 0 Å². The topological polar surface area (TPSA) is 126 Å². The van der Waals surface area contributed by atoms with E-state index in [1.807, 2.05) is 0 Å². The molecular formula is C14H12O8. The molecule has 2 heterocycles. The monoisotopic (exact) mass is 308 g/mol. The number of carbonyl (C=O) groups is 1. The summed E-state index contributed by atoms with van der Waals surface area (Å²) in [5, 5.41) is 39.7. The summed E-state index contributed by atoms with van der Waals surface area (Å²) in [4.78, 5) is 12.1. The van der Waals surface area contributed by atoms with Gasteiger partial charge in [-0.15, -0.1) is 0 Å². The van der Waals surface area contributed by atoms with Crippen LogP contribution in [0.1, 0.15) is 15.9 Å². The molecule has 0 saturated heterocycles. The Morgan fingerprint density at radius 3 is 2.68 bits per heavy atom. The lowest BCUT2D eigenvalue weighted by Crippen LogP contribution is -2.51. The number of benzene rings is 1. The molecule has 0 aromatic heterocycles. The minimum atomic E-state index is -1.47. The van der Waals surface area contributed by atoms with E-state index in [0.29, 0.717) is 5.57 Å². The van der Waals surface area contributed by atoms with Gasteiger partial charge in [0.15, 0.2) is 17.6 Å². The number of hydrogen-bond acceptors (Lipinski definition) is 8. The number of hydrogen-bond donors (Lipinski definition) is 4. The quantitative estimate of drug-likeness (QED) is 0.456. The molecule has 3 aliphatic rings. The Morgan fingerprint density at radius 2 is 1.91 bits per heavy atom. The van der Waals surface area contributed by atoms with Gasteiger partial charge in [0.2, 0.25) is 12.5 Å². The van der Waals surface area contributed by atoms with Crippen LogP contribution in [0.4, 0.5) is 0 Å². The molecule has 0 amide bonds. The number of phenolic OH excluding ortho intramolecular Hbond substituents is 1. The van der Waals surface area contributed by atoms with Crippen molar-refractivity contribution in [3.05, 3.63) is 23.3 Å². The van der Waals surface area contributed by atoms with Crippen LogP contribution in [0.5, 0.6) is 17.2 Å². The fourth-order valence-corrected chi connectivity index (χ4v) is 2.95. The molecule has 1 aliphatic carbocycles. The molecule has 8 heteroatoms. The van der Waals surface area contributed by atoms with Gasteiger partial charge in [0, 0.05) is 11.1 Å². The normalized spacial score (nSPS) is 32.0. The van der Waals surface area contributed by atoms with Gasteiger partial charge in [-0.1, -0.05) is 0 Å². The molecule has 0 saturated carbocycles. The van der Waals surface area contributed by atoms with Gasteiger partial charge in [0.05, 0.1) is 0 Å². The van der Waals surface area contributed by atoms with Gasteiger partial charge < -0.3 is 34.6 Å². The van der Waals surface area contributed by atoms with Gasteiger partial charge in [0.1, 0.15) is 23.9 Å². The Balaban J connectivity index is 1.95. The summed E-state index contributed by atoms with van der Waals surface area (Å²) in [5.74, 6) is -0.965. The number of aromatic hydroxyl groups is 1. The first kappa shape index (κ1) is 13.4. The minimum Gasteiger partial charge on any atom is -0.504 e. The van der Waals surface area contributed by atoms with Crippen molar-refractivity contribution in [3.8, 4) is 17.2 Å². The van der Waals surface area contributed by atoms with E-state index in [1.165, 1.54) is 12.1 Å². The van der Waals surface area contributed by atoms with Crippen LogP contribution in [-0.2, 0) is 4.74 Å². The molecule has 8 nitrogen and oxygen atoms in total. The van der Waals surface area contributed by atoms with Crippen LogP contribution < -0.4 is 9.47 Å². The number of rotatable bonds is 0. The number of aliphatic hydroxyl groups excluding tert-OH is 3. The van der Waals surface area contributed by atoms with Gasteiger partial charge >= 0.3 is 5.97 Å². The number of ether oxygens (including phenoxy) is 3. The third-order valence-electron chi connectivity index (χ3n) is 4.05. The van der Waals surface area contributed by atoms with E-state index in [0.717, 1.165) is 0 Å². The lowest BCUT2D eigenvalue weighted by molar-refractivity contribution is -0.0911. The average molecular weight is 308 g/mol. The second kappa shape index (κ2) is 4.35. The number of aliphatic hydroxyl groups is 3. The Kier molecular flexibility index (Phi) is 2.65. The molecule has 22 heavy (non-hydrogen) atoms. The highest BCUT2D eigenvalue weighted by Crippen LogP contribution is 2.49. The maximum absolute atomic E-state index is 12.1. The molecule has 0 fully saturated rings. The van der Waals surface area contributed by atoms with E-state index < -0.39 is 36.1 Å². The summed E-state index contributed by atoms with van der Waals surface area (Å²) in [7, 11) is 0. The standard InChI is InChI=1S/C14H12O8/c15-6-1-5-4-2-7-13(21-3-20-7)10(17)8(4)14(19)22-12(5)11(18)9(6)16/h1-2,6,9,11-12,15-18H,3H2/t6-,9+,11+,12+/m0/s1. The number of fused-ring (bicyclic) bond motifs is 4. The van der Waals surface area contributed by atoms with Crippen LogP contribution in [0.2, 0.25) is 0 Å². The first-order valence-electron chi connectivity index (χ1n) is 6.62. The first-order valence-corrected chi connectivity index (χ1v) is 6.62. The highest BCUT2D eigenvalue weighted by Gasteiger charge is 2.46. The van der Waals surface area contributed by atoms with E-state index in [4.69, 9.17) is 14.2 Å². The lowest BCUT2D eigenvalue weighted by atomic mass is 9.82. The first-order chi connectivity index (χ1) is 10.5. The molecule has 1 aromatic rings. The van der Waals surface area contributed by atoms with E-state index in [1.54, 1.807) is 0 Å². The van der Waals surface area contributed by atoms with Crippen molar-refractivity contribution in [3.63, 3.8) is 0 Å². The van der Waals surface area contributed by atoms with Gasteiger partial charge in [0.25, 0.3) is 0 Å². The molecule has 0 spiro atoms. The summed E-state index contributed by atoms with van der Waals surface area (Å²) >= 11 is 0. The van der Waals surface area contributed by atoms with Crippen molar-refractivity contribution in [1.29, 1.82) is 0 Å². The molecule has 4 N–H and O–H groups in total. The van der Waals surface area contributed by atoms with Crippen LogP contribution in [-0.4, -0.2) is 57.6 Å². The summed E-state index contributed by atoms with van der Waals surface area (Å²) in [6, 6.07) is 1.48. The SMILES string of the molecule is O=C1O[C@@H]2C(=C[C@H](O)[C@@H](O)[C@H]2O)c2cc3c(c(O)c21)OCO3. The van der Waals surface area contributed by atoms with Crippen LogP contribution in [0.3, 0.4) is 0 Å². The van der Waals surface area contributed by atoms with Crippen molar-refractivity contribution >= 4 is 11.5 Å². The van der Waals surface area contributed by atoms with Gasteiger partial charge in [-0.25, -0.2) is 4.79 Å². The number of phenols is 1. The molecule has 0 radical (unpaired) electrons. The van der Waals surface area contributed by atoms with Crippen molar-refractivity contribution in [2.45, 2.75) is 24.4 Å². The number of esters is 1. The fourth-order valence-electron chi connectivity index (χ4n) is 2.95. The van der Waals surface area contributed by atoms with Crippen LogP contribution in [0.15, 0.2) is 12.1 Å². The number of carbonyl (C=O) groups excluding carboxylic acids is 1. The predicted octanol–water partition coefficient (Wildman–Crippen LogP) is -0.860. The summed E-state index contributed by atoms with van der Waals surface area (Å²) < 4.78 is 15.4. The fraction of sp³-hybridized carbons (Fsp3) is 0.357. The van der Waals surface area contributed by atoms with Gasteiger partial charge in [-0.2, -0.15) is 0 Å². The van der Waals surface area contributed by atoms with E-state index in [-0.39, 0.29) is 29.4 Å². The zero-order valence-electron chi connectivity index (χ0n) is 11.1. The second-order valence-corrected chi connectivity index (χ2v) is 5.30. The van der Waals surface area contributed by atoms with Gasteiger partial charge in [-0.05, 0) is 12.1 Å². The summed E-state index contributed by atoms with van der Waals surface area (Å²) in [5.41, 5.74) is 0.448. The molecule has 2 aliphatic heterocycles. The molecule has 116 valence electrons. The largest absolute Gasteiger partial charge is 0.504 e. The second-order valence-electron chi connectivity index (χ2n) is 5.30. The lowest BCUT2D eigenvalue weighted by Gasteiger charge is -2.38. The molecule has 0 bridgehead atoms. The van der Waals surface area contributed by atoms with Crippen molar-refractivity contribution in [2.24, 2.45) is 0 Å². The smallest absolute Gasteiger partial charge is 0.343 e. The van der Waals surface area contributed by atoms with Gasteiger partial charge in [-0.3, -0.25) is 0 Å². The average Bonchev–Trinajstić information content (AvgIpc) is 2.95. The third-order valence-corrected chi connectivity index (χ3v) is 4.05. The Bertz CT molecular complexity index is 709. The highest BCUT2D eigenvalue weighted by atomic mass is 16.7. The maximum atomic E-state index is 12.1. The van der Waals surface area contributed by atoms with Crippen molar-refractivity contribution in [2.75, 3.05) is 6.79 Å². The Hall–Kier alpha value is -2.29. The van der Waals surface area contributed by atoms with Crippen molar-refractivity contribution < 1.29 is 39.4 Å². The zero-order valence-corrected chi connectivity index (χ0v) is 11.1. The Labute approximate surface area is 123 Å². The maximum Gasteiger partial charge on any atom is 0.343 e. The minimum absolute atomic E-state index is 0.0479. The van der Waals surface area contributed by atoms with E-state index in [9.17, 15) is 25.2 Å². The van der Waals surface area contributed by atoms with Crippen molar-refractivity contribution in [1.82, 2.24) is 0 Å². The van der Waals surface area contributed by atoms with Crippen LogP contribution in [0.25, 0.3) is 5.57 Å². The van der Waals surface area contributed by atoms with E-state index in [2.05, 4.69) is 0 Å². The zero-order chi connectivity index (χ0) is 15.6. The molecule has 0 unspecified atom stereocenters. The molecule has 4 atom stereocenters. The third kappa shape index (κ3) is 1.59. The molecular weight excluding hydrogens is 296 g/mol. The molecule has 4 rings (SSSR count). The molecule has 1 aromatic carbocycles. The summed E-state index contributed by atoms with van der Waals surface area (Å²) in [6.45, 7) is -0.0900.